The lowest BCUT2D eigenvalue weighted by Gasteiger charge is -2.13. The van der Waals surface area contributed by atoms with Gasteiger partial charge < -0.3 is 10.4 Å². The van der Waals surface area contributed by atoms with E-state index in [1.165, 1.54) is 11.1 Å². The van der Waals surface area contributed by atoms with Crippen LogP contribution in [0.2, 0.25) is 0 Å². The summed E-state index contributed by atoms with van der Waals surface area (Å²) in [7, 11) is 0. The van der Waals surface area contributed by atoms with Crippen LogP contribution in [-0.2, 0) is 6.54 Å². The molecule has 0 atom stereocenters. The minimum atomic E-state index is 0.325. The van der Waals surface area contributed by atoms with E-state index in [1.807, 2.05) is 18.2 Å². The van der Waals surface area contributed by atoms with Gasteiger partial charge in [-0.2, -0.15) is 0 Å². The van der Waals surface area contributed by atoms with Crippen LogP contribution in [-0.4, -0.2) is 5.11 Å². The molecular weight excluding hydrogens is 290 g/mol. The molecule has 0 unspecified atom stereocenters. The van der Waals surface area contributed by atoms with Crippen molar-refractivity contribution in [3.8, 4) is 5.75 Å². The van der Waals surface area contributed by atoms with Gasteiger partial charge in [-0.25, -0.2) is 0 Å². The van der Waals surface area contributed by atoms with Crippen molar-refractivity contribution in [1.82, 2.24) is 0 Å². The van der Waals surface area contributed by atoms with E-state index in [9.17, 15) is 5.11 Å². The van der Waals surface area contributed by atoms with Crippen molar-refractivity contribution in [2.45, 2.75) is 20.4 Å². The van der Waals surface area contributed by atoms with Crippen LogP contribution in [0.3, 0.4) is 0 Å². The molecule has 0 spiro atoms. The smallest absolute Gasteiger partial charge is 0.120 e. The lowest BCUT2D eigenvalue weighted by Crippen LogP contribution is -2.02. The standard InChI is InChI=1S/C15H16BrNO/c1-10-7-11(2)15(13(16)8-10)17-9-12-5-3-4-6-14(12)18/h3-8,17-18H,9H2,1-2H3. The molecule has 2 aromatic carbocycles. The lowest BCUT2D eigenvalue weighted by molar-refractivity contribution is 0.469. The van der Waals surface area contributed by atoms with Crippen LogP contribution in [0, 0.1) is 13.8 Å². The maximum Gasteiger partial charge on any atom is 0.120 e. The van der Waals surface area contributed by atoms with Crippen LogP contribution >= 0.6 is 15.9 Å². The van der Waals surface area contributed by atoms with Crippen LogP contribution < -0.4 is 5.32 Å². The first kappa shape index (κ1) is 13.0. The van der Waals surface area contributed by atoms with Crippen LogP contribution in [0.4, 0.5) is 5.69 Å². The zero-order chi connectivity index (χ0) is 13.1. The SMILES string of the molecule is Cc1cc(C)c(NCc2ccccc2O)c(Br)c1. The number of para-hydroxylation sites is 1. The molecule has 2 aromatic rings. The fraction of sp³-hybridized carbons (Fsp3) is 0.200. The van der Waals surface area contributed by atoms with E-state index in [0.29, 0.717) is 12.3 Å². The molecule has 0 bridgehead atoms. The van der Waals surface area contributed by atoms with E-state index < -0.39 is 0 Å². The molecule has 0 saturated heterocycles. The number of rotatable bonds is 3. The zero-order valence-corrected chi connectivity index (χ0v) is 12.1. The van der Waals surface area contributed by atoms with Crippen molar-refractivity contribution in [2.24, 2.45) is 0 Å². The van der Waals surface area contributed by atoms with Gasteiger partial charge in [0.1, 0.15) is 5.75 Å². The van der Waals surface area contributed by atoms with E-state index in [2.05, 4.69) is 47.2 Å². The third-order valence-corrected chi connectivity index (χ3v) is 3.50. The fourth-order valence-electron chi connectivity index (χ4n) is 1.98. The molecule has 0 radical (unpaired) electrons. The molecular formula is C15H16BrNO. The molecule has 3 heteroatoms. The second kappa shape index (κ2) is 5.44. The first-order chi connectivity index (χ1) is 8.58. The highest BCUT2D eigenvalue weighted by Crippen LogP contribution is 2.29. The number of aromatic hydroxyl groups is 1. The van der Waals surface area contributed by atoms with Gasteiger partial charge in [0, 0.05) is 16.6 Å². The van der Waals surface area contributed by atoms with Crippen LogP contribution in [0.15, 0.2) is 40.9 Å². The van der Waals surface area contributed by atoms with Crippen molar-refractivity contribution in [2.75, 3.05) is 5.32 Å². The van der Waals surface area contributed by atoms with Gasteiger partial charge in [-0.1, -0.05) is 24.3 Å². The summed E-state index contributed by atoms with van der Waals surface area (Å²) in [6, 6.07) is 11.6. The van der Waals surface area contributed by atoms with Crippen molar-refractivity contribution < 1.29 is 5.11 Å². The molecule has 0 aliphatic heterocycles. The zero-order valence-electron chi connectivity index (χ0n) is 10.5. The lowest BCUT2D eigenvalue weighted by atomic mass is 10.1. The molecule has 18 heavy (non-hydrogen) atoms. The minimum absolute atomic E-state index is 0.325. The van der Waals surface area contributed by atoms with E-state index in [4.69, 9.17) is 0 Å². The Kier molecular flexibility index (Phi) is 3.92. The first-order valence-electron chi connectivity index (χ1n) is 5.85. The second-order valence-electron chi connectivity index (χ2n) is 4.42. The predicted molar refractivity (Wildman–Crippen MR) is 79.0 cm³/mol. The predicted octanol–water partition coefficient (Wildman–Crippen LogP) is 4.38. The number of nitrogens with one attached hydrogen (secondary N) is 1. The van der Waals surface area contributed by atoms with Gasteiger partial charge in [0.2, 0.25) is 0 Å². The number of anilines is 1. The number of halogens is 1. The molecule has 2 nitrogen and oxygen atoms in total. The van der Waals surface area contributed by atoms with Crippen molar-refractivity contribution in [1.29, 1.82) is 0 Å². The Morgan fingerprint density at radius 1 is 1.17 bits per heavy atom. The van der Waals surface area contributed by atoms with Crippen molar-refractivity contribution in [3.05, 3.63) is 57.6 Å². The first-order valence-corrected chi connectivity index (χ1v) is 6.64. The Morgan fingerprint density at radius 3 is 2.56 bits per heavy atom. The number of hydrogen-bond donors (Lipinski definition) is 2. The van der Waals surface area contributed by atoms with Crippen molar-refractivity contribution in [3.63, 3.8) is 0 Å². The Hall–Kier alpha value is -1.48. The van der Waals surface area contributed by atoms with E-state index >= 15 is 0 Å². The highest BCUT2D eigenvalue weighted by molar-refractivity contribution is 9.10. The Labute approximate surface area is 116 Å². The number of aryl methyl sites for hydroxylation is 2. The topological polar surface area (TPSA) is 32.3 Å². The van der Waals surface area contributed by atoms with Crippen LogP contribution in [0.1, 0.15) is 16.7 Å². The highest BCUT2D eigenvalue weighted by Gasteiger charge is 2.06. The maximum absolute atomic E-state index is 9.72. The van der Waals surface area contributed by atoms with Gasteiger partial charge in [0.25, 0.3) is 0 Å². The Bertz CT molecular complexity index is 543. The summed E-state index contributed by atoms with van der Waals surface area (Å²) < 4.78 is 1.05. The van der Waals surface area contributed by atoms with Gasteiger partial charge >= 0.3 is 0 Å². The average Bonchev–Trinajstić information content (AvgIpc) is 2.30. The molecule has 2 rings (SSSR count). The van der Waals surface area contributed by atoms with Crippen LogP contribution in [0.5, 0.6) is 5.75 Å². The Balaban J connectivity index is 2.19. The molecule has 0 aliphatic carbocycles. The Morgan fingerprint density at radius 2 is 1.89 bits per heavy atom. The van der Waals surface area contributed by atoms with E-state index in [0.717, 1.165) is 15.7 Å². The number of phenolic OH excluding ortho intramolecular Hbond substituents is 1. The number of phenols is 1. The minimum Gasteiger partial charge on any atom is -0.508 e. The van der Waals surface area contributed by atoms with Crippen molar-refractivity contribution >= 4 is 21.6 Å². The monoisotopic (exact) mass is 305 g/mol. The largest absolute Gasteiger partial charge is 0.508 e. The molecule has 2 N–H and O–H groups in total. The average molecular weight is 306 g/mol. The highest BCUT2D eigenvalue weighted by atomic mass is 79.9. The van der Waals surface area contributed by atoms with E-state index in [-0.39, 0.29) is 0 Å². The summed E-state index contributed by atoms with van der Waals surface area (Å²) in [6.45, 7) is 4.75. The maximum atomic E-state index is 9.72. The molecule has 0 fully saturated rings. The molecule has 0 heterocycles. The normalized spacial score (nSPS) is 10.4. The van der Waals surface area contributed by atoms with E-state index in [1.54, 1.807) is 6.07 Å². The summed E-state index contributed by atoms with van der Waals surface area (Å²) in [6.07, 6.45) is 0. The summed E-state index contributed by atoms with van der Waals surface area (Å²) in [5.41, 5.74) is 4.39. The molecule has 0 aromatic heterocycles. The number of hydrogen-bond acceptors (Lipinski definition) is 2. The quantitative estimate of drug-likeness (QED) is 0.882. The van der Waals surface area contributed by atoms with Gasteiger partial charge in [0.05, 0.1) is 5.69 Å². The molecule has 0 aliphatic rings. The third-order valence-electron chi connectivity index (χ3n) is 2.88. The number of benzene rings is 2. The molecule has 0 amide bonds. The second-order valence-corrected chi connectivity index (χ2v) is 5.28. The fourth-order valence-corrected chi connectivity index (χ4v) is 2.80. The van der Waals surface area contributed by atoms with Gasteiger partial charge in [-0.3, -0.25) is 0 Å². The summed E-state index contributed by atoms with van der Waals surface area (Å²) in [4.78, 5) is 0. The van der Waals surface area contributed by atoms with Gasteiger partial charge in [0.15, 0.2) is 0 Å². The summed E-state index contributed by atoms with van der Waals surface area (Å²) >= 11 is 3.57. The van der Waals surface area contributed by atoms with Gasteiger partial charge in [-0.15, -0.1) is 0 Å². The van der Waals surface area contributed by atoms with Crippen LogP contribution in [0.25, 0.3) is 0 Å². The molecule has 0 saturated carbocycles. The third kappa shape index (κ3) is 2.85. The summed E-state index contributed by atoms with van der Waals surface area (Å²) in [5, 5.41) is 13.1. The summed E-state index contributed by atoms with van der Waals surface area (Å²) in [5.74, 6) is 0.325. The molecule has 94 valence electrons. The van der Waals surface area contributed by atoms with Gasteiger partial charge in [-0.05, 0) is 53.0 Å².